The van der Waals surface area contributed by atoms with Crippen LogP contribution in [-0.2, 0) is 13.0 Å². The molecule has 0 fully saturated rings. The van der Waals surface area contributed by atoms with E-state index in [-0.39, 0.29) is 11.2 Å². The summed E-state index contributed by atoms with van der Waals surface area (Å²) in [6.07, 6.45) is 2.40. The molecule has 1 aromatic carbocycles. The van der Waals surface area contributed by atoms with Crippen LogP contribution in [0.25, 0.3) is 11.0 Å². The average molecular weight is 307 g/mol. The fraction of sp³-hybridized carbons (Fsp3) is 0.312. The predicted octanol–water partition coefficient (Wildman–Crippen LogP) is 4.62. The zero-order valence-corrected chi connectivity index (χ0v) is 12.7. The first-order chi connectivity index (χ1) is 10.1. The van der Waals surface area contributed by atoms with E-state index in [0.29, 0.717) is 17.6 Å². The van der Waals surface area contributed by atoms with Crippen molar-refractivity contribution in [3.8, 4) is 0 Å². The second-order valence-corrected chi connectivity index (χ2v) is 5.81. The number of hydrogen-bond donors (Lipinski definition) is 0. The van der Waals surface area contributed by atoms with Gasteiger partial charge in [-0.1, -0.05) is 0 Å². The number of benzene rings is 1. The highest BCUT2D eigenvalue weighted by atomic mass is 35.5. The molecule has 0 radical (unpaired) electrons. The summed E-state index contributed by atoms with van der Waals surface area (Å²) in [5, 5.41) is -0.239. The largest absolute Gasteiger partial charge is 0.469 e. The molecular weight excluding hydrogens is 291 g/mol. The summed E-state index contributed by atoms with van der Waals surface area (Å²) >= 11 is 6.22. The molecule has 0 aliphatic rings. The van der Waals surface area contributed by atoms with Crippen LogP contribution in [0.5, 0.6) is 0 Å². The van der Waals surface area contributed by atoms with Crippen LogP contribution in [0.2, 0.25) is 0 Å². The smallest absolute Gasteiger partial charge is 0.128 e. The maximum absolute atomic E-state index is 13.7. The summed E-state index contributed by atoms with van der Waals surface area (Å²) in [7, 11) is 0. The van der Waals surface area contributed by atoms with Gasteiger partial charge in [0.25, 0.3) is 0 Å². The van der Waals surface area contributed by atoms with Crippen molar-refractivity contribution >= 4 is 22.6 Å². The van der Waals surface area contributed by atoms with Crippen LogP contribution in [0, 0.1) is 12.7 Å². The quantitative estimate of drug-likeness (QED) is 0.659. The van der Waals surface area contributed by atoms with Crippen LogP contribution in [-0.4, -0.2) is 9.55 Å². The summed E-state index contributed by atoms with van der Waals surface area (Å²) in [6, 6.07) is 7.10. The molecule has 110 valence electrons. The van der Waals surface area contributed by atoms with Crippen LogP contribution >= 0.6 is 11.6 Å². The predicted molar refractivity (Wildman–Crippen MR) is 81.1 cm³/mol. The van der Waals surface area contributed by atoms with Crippen LogP contribution in [0.4, 0.5) is 4.39 Å². The lowest BCUT2D eigenvalue weighted by molar-refractivity contribution is 0.490. The van der Waals surface area contributed by atoms with Crippen LogP contribution in [0.3, 0.4) is 0 Å². The van der Waals surface area contributed by atoms with Gasteiger partial charge >= 0.3 is 0 Å². The Morgan fingerprint density at radius 1 is 1.43 bits per heavy atom. The average Bonchev–Trinajstić information content (AvgIpc) is 3.05. The van der Waals surface area contributed by atoms with E-state index in [1.54, 1.807) is 13.2 Å². The summed E-state index contributed by atoms with van der Waals surface area (Å²) in [6.45, 7) is 4.32. The summed E-state index contributed by atoms with van der Waals surface area (Å²) in [4.78, 5) is 4.47. The molecule has 5 heteroatoms. The van der Waals surface area contributed by atoms with E-state index in [0.717, 1.165) is 23.5 Å². The Morgan fingerprint density at radius 2 is 2.24 bits per heavy atom. The lowest BCUT2D eigenvalue weighted by atomic mass is 10.2. The van der Waals surface area contributed by atoms with Gasteiger partial charge in [0.2, 0.25) is 0 Å². The minimum Gasteiger partial charge on any atom is -0.469 e. The molecule has 0 saturated heterocycles. The highest BCUT2D eigenvalue weighted by Gasteiger charge is 2.16. The molecule has 0 spiro atoms. The van der Waals surface area contributed by atoms with E-state index in [4.69, 9.17) is 16.0 Å². The van der Waals surface area contributed by atoms with E-state index in [9.17, 15) is 4.39 Å². The fourth-order valence-electron chi connectivity index (χ4n) is 2.48. The number of hydrogen-bond acceptors (Lipinski definition) is 2. The zero-order chi connectivity index (χ0) is 15.0. The van der Waals surface area contributed by atoms with Crippen LogP contribution < -0.4 is 0 Å². The monoisotopic (exact) mass is 306 g/mol. The number of rotatable bonds is 4. The summed E-state index contributed by atoms with van der Waals surface area (Å²) in [5.74, 6) is 1.42. The Morgan fingerprint density at radius 3 is 2.90 bits per heavy atom. The number of alkyl halides is 1. The minimum absolute atomic E-state index is 0.239. The van der Waals surface area contributed by atoms with E-state index >= 15 is 0 Å². The third-order valence-electron chi connectivity index (χ3n) is 3.58. The third kappa shape index (κ3) is 2.68. The fourth-order valence-corrected chi connectivity index (χ4v) is 2.65. The standard InChI is InChI=1S/C16H16ClFN2O/c1-10-8-15-14(9-13(10)18)19-16(11(2)17)20(15)6-5-12-4-3-7-21-12/h3-4,7-9,11H,5-6H2,1-2H3. The normalized spacial score (nSPS) is 13.0. The molecule has 2 aromatic heterocycles. The van der Waals surface area contributed by atoms with Gasteiger partial charge in [0.15, 0.2) is 0 Å². The molecule has 0 saturated carbocycles. The van der Waals surface area contributed by atoms with E-state index < -0.39 is 0 Å². The van der Waals surface area contributed by atoms with Gasteiger partial charge in [0.05, 0.1) is 22.7 Å². The number of aryl methyl sites for hydroxylation is 3. The van der Waals surface area contributed by atoms with Gasteiger partial charge in [0, 0.05) is 19.0 Å². The first-order valence-corrected chi connectivity index (χ1v) is 7.32. The van der Waals surface area contributed by atoms with Crippen molar-refractivity contribution in [1.29, 1.82) is 0 Å². The van der Waals surface area contributed by atoms with Crippen molar-refractivity contribution in [2.75, 3.05) is 0 Å². The van der Waals surface area contributed by atoms with Crippen molar-refractivity contribution < 1.29 is 8.81 Å². The number of fused-ring (bicyclic) bond motifs is 1. The van der Waals surface area contributed by atoms with E-state index in [2.05, 4.69) is 4.98 Å². The summed E-state index contributed by atoms with van der Waals surface area (Å²) < 4.78 is 21.1. The third-order valence-corrected chi connectivity index (χ3v) is 3.77. The Kier molecular flexibility index (Phi) is 3.72. The first-order valence-electron chi connectivity index (χ1n) is 6.89. The molecular formula is C16H16ClFN2O. The Labute approximate surface area is 127 Å². The number of imidazole rings is 1. The second kappa shape index (κ2) is 5.53. The first kappa shape index (κ1) is 14.1. The van der Waals surface area contributed by atoms with Crippen LogP contribution in [0.1, 0.15) is 29.4 Å². The number of nitrogens with zero attached hydrogens (tertiary/aromatic N) is 2. The molecule has 3 rings (SSSR count). The molecule has 0 aliphatic carbocycles. The van der Waals surface area contributed by atoms with Gasteiger partial charge in [-0.2, -0.15) is 0 Å². The Hall–Kier alpha value is -1.81. The highest BCUT2D eigenvalue weighted by Crippen LogP contribution is 2.26. The van der Waals surface area contributed by atoms with Crippen molar-refractivity contribution in [3.05, 3.63) is 53.5 Å². The Bertz CT molecular complexity index is 762. The number of furan rings is 1. The molecule has 1 atom stereocenters. The highest BCUT2D eigenvalue weighted by molar-refractivity contribution is 6.20. The van der Waals surface area contributed by atoms with Gasteiger partial charge < -0.3 is 8.98 Å². The van der Waals surface area contributed by atoms with Gasteiger partial charge in [-0.25, -0.2) is 9.37 Å². The number of halogens is 2. The van der Waals surface area contributed by atoms with E-state index in [1.165, 1.54) is 6.07 Å². The second-order valence-electron chi connectivity index (χ2n) is 5.16. The molecule has 3 aromatic rings. The topological polar surface area (TPSA) is 31.0 Å². The van der Waals surface area contributed by atoms with Crippen molar-refractivity contribution in [3.63, 3.8) is 0 Å². The van der Waals surface area contributed by atoms with Crippen molar-refractivity contribution in [2.24, 2.45) is 0 Å². The molecule has 0 N–H and O–H groups in total. The maximum atomic E-state index is 13.7. The molecule has 21 heavy (non-hydrogen) atoms. The van der Waals surface area contributed by atoms with Gasteiger partial charge in [0.1, 0.15) is 17.4 Å². The van der Waals surface area contributed by atoms with Crippen molar-refractivity contribution in [2.45, 2.75) is 32.2 Å². The number of aromatic nitrogens is 2. The Balaban J connectivity index is 2.04. The molecule has 0 bridgehead atoms. The van der Waals surface area contributed by atoms with Gasteiger partial charge in [-0.05, 0) is 37.6 Å². The SMILES string of the molecule is Cc1cc2c(cc1F)nc(C(C)Cl)n2CCc1ccco1. The molecule has 0 amide bonds. The molecule has 0 aliphatic heterocycles. The van der Waals surface area contributed by atoms with Gasteiger partial charge in [-0.3, -0.25) is 0 Å². The lowest BCUT2D eigenvalue weighted by Crippen LogP contribution is -2.06. The van der Waals surface area contributed by atoms with Crippen molar-refractivity contribution in [1.82, 2.24) is 9.55 Å². The summed E-state index contributed by atoms with van der Waals surface area (Å²) in [5.41, 5.74) is 2.15. The molecule has 2 heterocycles. The maximum Gasteiger partial charge on any atom is 0.128 e. The minimum atomic E-state index is -0.244. The van der Waals surface area contributed by atoms with E-state index in [1.807, 2.05) is 29.7 Å². The molecule has 1 unspecified atom stereocenters. The van der Waals surface area contributed by atoms with Gasteiger partial charge in [-0.15, -0.1) is 11.6 Å². The lowest BCUT2D eigenvalue weighted by Gasteiger charge is -2.10. The zero-order valence-electron chi connectivity index (χ0n) is 11.9. The molecule has 3 nitrogen and oxygen atoms in total. The van der Waals surface area contributed by atoms with Crippen LogP contribution in [0.15, 0.2) is 34.9 Å².